The molecule has 0 radical (unpaired) electrons. The summed E-state index contributed by atoms with van der Waals surface area (Å²) in [5.74, 6) is 2.18. The van der Waals surface area contributed by atoms with Crippen molar-refractivity contribution < 1.29 is 0 Å². The van der Waals surface area contributed by atoms with Gasteiger partial charge in [0, 0.05) is 23.9 Å². The normalized spacial score (nSPS) is 17.7. The Morgan fingerprint density at radius 3 is 2.41 bits per heavy atom. The van der Waals surface area contributed by atoms with Gasteiger partial charge in [0.15, 0.2) is 0 Å². The molecule has 1 aromatic rings. The van der Waals surface area contributed by atoms with E-state index in [0.717, 1.165) is 24.6 Å². The molecular formula is C13H24N4. The highest BCUT2D eigenvalue weighted by Crippen LogP contribution is 2.33. The summed E-state index contributed by atoms with van der Waals surface area (Å²) in [6.07, 6.45) is 4.78. The standard InChI is InChI=1S/C13H24N4/c1-12(2,13(3,4)14)11-16-15-10-8-6-5-7-9-17(10)11/h5-9,14H2,1-4H3. The number of hydrogen-bond acceptors (Lipinski definition) is 3. The number of fused-ring (bicyclic) bond motifs is 1. The van der Waals surface area contributed by atoms with Crippen LogP contribution in [-0.2, 0) is 18.4 Å². The molecule has 96 valence electrons. The largest absolute Gasteiger partial charge is 0.325 e. The monoisotopic (exact) mass is 236 g/mol. The number of nitrogens with two attached hydrogens (primary N) is 1. The van der Waals surface area contributed by atoms with E-state index >= 15 is 0 Å². The van der Waals surface area contributed by atoms with Gasteiger partial charge in [-0.25, -0.2) is 0 Å². The van der Waals surface area contributed by atoms with Gasteiger partial charge in [-0.2, -0.15) is 0 Å². The number of aryl methyl sites for hydroxylation is 1. The maximum absolute atomic E-state index is 6.30. The van der Waals surface area contributed by atoms with Gasteiger partial charge in [0.2, 0.25) is 0 Å². The van der Waals surface area contributed by atoms with Crippen molar-refractivity contribution >= 4 is 0 Å². The van der Waals surface area contributed by atoms with Crippen LogP contribution in [0, 0.1) is 0 Å². The molecule has 0 saturated heterocycles. The van der Waals surface area contributed by atoms with Crippen LogP contribution in [0.15, 0.2) is 0 Å². The average molecular weight is 236 g/mol. The molecule has 0 aromatic carbocycles. The van der Waals surface area contributed by atoms with Crippen molar-refractivity contribution in [3.63, 3.8) is 0 Å². The van der Waals surface area contributed by atoms with Gasteiger partial charge in [-0.05, 0) is 26.7 Å². The minimum atomic E-state index is -0.302. The van der Waals surface area contributed by atoms with Crippen molar-refractivity contribution in [2.24, 2.45) is 5.73 Å². The fourth-order valence-corrected chi connectivity index (χ4v) is 2.24. The molecule has 1 aromatic heterocycles. The van der Waals surface area contributed by atoms with E-state index in [9.17, 15) is 0 Å². The summed E-state index contributed by atoms with van der Waals surface area (Å²) in [5.41, 5.74) is 5.83. The molecule has 0 amide bonds. The highest BCUT2D eigenvalue weighted by atomic mass is 15.3. The van der Waals surface area contributed by atoms with E-state index in [2.05, 4.69) is 42.5 Å². The van der Waals surface area contributed by atoms with Gasteiger partial charge in [-0.1, -0.05) is 20.3 Å². The maximum Gasteiger partial charge on any atom is 0.140 e. The van der Waals surface area contributed by atoms with Gasteiger partial charge >= 0.3 is 0 Å². The fourth-order valence-electron chi connectivity index (χ4n) is 2.24. The first-order valence-electron chi connectivity index (χ1n) is 6.55. The minimum absolute atomic E-state index is 0.164. The van der Waals surface area contributed by atoms with E-state index < -0.39 is 0 Å². The Morgan fingerprint density at radius 2 is 1.76 bits per heavy atom. The zero-order chi connectivity index (χ0) is 12.7. The molecule has 2 heterocycles. The first-order valence-corrected chi connectivity index (χ1v) is 6.55. The molecule has 1 aliphatic rings. The maximum atomic E-state index is 6.30. The quantitative estimate of drug-likeness (QED) is 0.854. The number of hydrogen-bond donors (Lipinski definition) is 1. The van der Waals surface area contributed by atoms with E-state index in [-0.39, 0.29) is 11.0 Å². The van der Waals surface area contributed by atoms with Gasteiger partial charge in [0.05, 0.1) is 0 Å². The Labute approximate surface area is 104 Å². The molecule has 4 nitrogen and oxygen atoms in total. The zero-order valence-electron chi connectivity index (χ0n) is 11.5. The van der Waals surface area contributed by atoms with Gasteiger partial charge in [0.1, 0.15) is 11.6 Å². The van der Waals surface area contributed by atoms with Crippen molar-refractivity contribution in [1.29, 1.82) is 0 Å². The molecule has 17 heavy (non-hydrogen) atoms. The number of nitrogens with zero attached hydrogens (tertiary/aromatic N) is 3. The van der Waals surface area contributed by atoms with Crippen LogP contribution in [0.25, 0.3) is 0 Å². The Bertz CT molecular complexity index is 398. The smallest absolute Gasteiger partial charge is 0.140 e. The summed E-state index contributed by atoms with van der Waals surface area (Å²) in [4.78, 5) is 0. The lowest BCUT2D eigenvalue weighted by molar-refractivity contribution is 0.280. The molecule has 2 rings (SSSR count). The second kappa shape index (κ2) is 4.09. The SMILES string of the molecule is CC(C)(N)C(C)(C)c1nnc2n1CCCCC2. The van der Waals surface area contributed by atoms with Crippen molar-refractivity contribution in [1.82, 2.24) is 14.8 Å². The fraction of sp³-hybridized carbons (Fsp3) is 0.846. The van der Waals surface area contributed by atoms with E-state index in [4.69, 9.17) is 5.73 Å². The average Bonchev–Trinajstić information content (AvgIpc) is 2.47. The lowest BCUT2D eigenvalue weighted by atomic mass is 9.74. The van der Waals surface area contributed by atoms with Crippen LogP contribution < -0.4 is 5.73 Å². The van der Waals surface area contributed by atoms with Gasteiger partial charge in [-0.3, -0.25) is 0 Å². The Morgan fingerprint density at radius 1 is 1.06 bits per heavy atom. The number of rotatable bonds is 2. The third-order valence-corrected chi connectivity index (χ3v) is 4.28. The van der Waals surface area contributed by atoms with E-state index in [1.807, 2.05) is 0 Å². The van der Waals surface area contributed by atoms with E-state index in [0.29, 0.717) is 0 Å². The van der Waals surface area contributed by atoms with Crippen molar-refractivity contribution in [3.05, 3.63) is 11.6 Å². The van der Waals surface area contributed by atoms with Crippen LogP contribution in [-0.4, -0.2) is 20.3 Å². The highest BCUT2D eigenvalue weighted by molar-refractivity contribution is 5.16. The third kappa shape index (κ3) is 2.10. The van der Waals surface area contributed by atoms with Crippen molar-refractivity contribution in [2.75, 3.05) is 0 Å². The molecule has 1 aliphatic heterocycles. The summed E-state index contributed by atoms with van der Waals surface area (Å²) in [7, 11) is 0. The Hall–Kier alpha value is -0.900. The number of aromatic nitrogens is 3. The molecule has 4 heteroatoms. The summed E-state index contributed by atoms with van der Waals surface area (Å²) >= 11 is 0. The molecule has 0 fully saturated rings. The molecule has 0 spiro atoms. The highest BCUT2D eigenvalue weighted by Gasteiger charge is 2.40. The summed E-state index contributed by atoms with van der Waals surface area (Å²) in [6, 6.07) is 0. The van der Waals surface area contributed by atoms with Gasteiger partial charge in [-0.15, -0.1) is 10.2 Å². The van der Waals surface area contributed by atoms with Crippen molar-refractivity contribution in [3.8, 4) is 0 Å². The predicted octanol–water partition coefficient (Wildman–Crippen LogP) is 2.02. The second-order valence-corrected chi connectivity index (χ2v) is 6.25. The summed E-state index contributed by atoms with van der Waals surface area (Å²) < 4.78 is 2.29. The lowest BCUT2D eigenvalue weighted by Crippen LogP contribution is -2.51. The van der Waals surface area contributed by atoms with Gasteiger partial charge in [0.25, 0.3) is 0 Å². The molecule has 0 aliphatic carbocycles. The topological polar surface area (TPSA) is 56.7 Å². The first kappa shape index (κ1) is 12.6. The van der Waals surface area contributed by atoms with Crippen LogP contribution in [0.2, 0.25) is 0 Å². The molecule has 2 N–H and O–H groups in total. The third-order valence-electron chi connectivity index (χ3n) is 4.28. The molecule has 0 atom stereocenters. The van der Waals surface area contributed by atoms with Crippen LogP contribution in [0.1, 0.15) is 58.6 Å². The molecular weight excluding hydrogens is 212 g/mol. The van der Waals surface area contributed by atoms with Gasteiger partial charge < -0.3 is 10.3 Å². The Kier molecular flexibility index (Phi) is 3.02. The predicted molar refractivity (Wildman–Crippen MR) is 68.9 cm³/mol. The molecule has 0 bridgehead atoms. The van der Waals surface area contributed by atoms with Crippen LogP contribution in [0.5, 0.6) is 0 Å². The summed E-state index contributed by atoms with van der Waals surface area (Å²) in [5, 5.41) is 8.76. The second-order valence-electron chi connectivity index (χ2n) is 6.25. The molecule has 0 unspecified atom stereocenters. The molecule has 0 saturated carbocycles. The Balaban J connectivity index is 2.43. The van der Waals surface area contributed by atoms with E-state index in [1.54, 1.807) is 0 Å². The zero-order valence-corrected chi connectivity index (χ0v) is 11.5. The first-order chi connectivity index (χ1) is 7.84. The van der Waals surface area contributed by atoms with Crippen LogP contribution >= 0.6 is 0 Å². The minimum Gasteiger partial charge on any atom is -0.325 e. The van der Waals surface area contributed by atoms with Crippen molar-refractivity contribution in [2.45, 2.75) is 70.9 Å². The van der Waals surface area contributed by atoms with Crippen LogP contribution in [0.3, 0.4) is 0 Å². The lowest BCUT2D eigenvalue weighted by Gasteiger charge is -2.37. The van der Waals surface area contributed by atoms with Crippen LogP contribution in [0.4, 0.5) is 0 Å². The summed E-state index contributed by atoms with van der Waals surface area (Å²) in [6.45, 7) is 9.48. The van der Waals surface area contributed by atoms with E-state index in [1.165, 1.54) is 19.3 Å².